The van der Waals surface area contributed by atoms with E-state index >= 15 is 0 Å². The quantitative estimate of drug-likeness (QED) is 0.924. The lowest BCUT2D eigenvalue weighted by Crippen LogP contribution is -2.62. The second-order valence-corrected chi connectivity index (χ2v) is 7.85. The molecule has 2 aliphatic rings. The molecule has 0 radical (unpaired) electrons. The Labute approximate surface area is 144 Å². The summed E-state index contributed by atoms with van der Waals surface area (Å²) >= 11 is 0. The van der Waals surface area contributed by atoms with Crippen molar-refractivity contribution in [2.75, 3.05) is 13.2 Å². The van der Waals surface area contributed by atoms with E-state index in [1.165, 1.54) is 5.56 Å². The molecular formula is C19H28N2O3. The minimum absolute atomic E-state index is 0.0310. The van der Waals surface area contributed by atoms with Crippen molar-refractivity contribution in [1.82, 2.24) is 9.80 Å². The summed E-state index contributed by atoms with van der Waals surface area (Å²) in [6.45, 7) is 7.33. The molecule has 0 aromatic heterocycles. The maximum absolute atomic E-state index is 12.6. The third-order valence-corrected chi connectivity index (χ3v) is 4.92. The highest BCUT2D eigenvalue weighted by molar-refractivity contribution is 5.70. The fourth-order valence-corrected chi connectivity index (χ4v) is 3.95. The van der Waals surface area contributed by atoms with E-state index in [2.05, 4.69) is 17.0 Å². The van der Waals surface area contributed by atoms with E-state index in [1.807, 2.05) is 43.9 Å². The zero-order valence-electron chi connectivity index (χ0n) is 14.8. The highest BCUT2D eigenvalue weighted by atomic mass is 16.6. The largest absolute Gasteiger partial charge is 0.444 e. The van der Waals surface area contributed by atoms with Crippen LogP contribution in [0.2, 0.25) is 0 Å². The van der Waals surface area contributed by atoms with E-state index < -0.39 is 5.60 Å². The van der Waals surface area contributed by atoms with Crippen molar-refractivity contribution in [3.8, 4) is 0 Å². The first-order chi connectivity index (χ1) is 11.4. The lowest BCUT2D eigenvalue weighted by Gasteiger charge is -2.46. The number of rotatable bonds is 3. The average molecular weight is 332 g/mol. The Morgan fingerprint density at radius 2 is 1.96 bits per heavy atom. The molecule has 1 amide bonds. The number of piperazine rings is 1. The highest BCUT2D eigenvalue weighted by Crippen LogP contribution is 2.36. The van der Waals surface area contributed by atoms with Gasteiger partial charge in [-0.25, -0.2) is 4.79 Å². The molecular weight excluding hydrogens is 304 g/mol. The van der Waals surface area contributed by atoms with Gasteiger partial charge in [-0.15, -0.1) is 0 Å². The van der Waals surface area contributed by atoms with Crippen LogP contribution in [0, 0.1) is 0 Å². The summed E-state index contributed by atoms with van der Waals surface area (Å²) in [5, 5.41) is 9.97. The fraction of sp³-hybridized carbons (Fsp3) is 0.632. The van der Waals surface area contributed by atoms with Crippen molar-refractivity contribution in [3.05, 3.63) is 35.9 Å². The Kier molecular flexibility index (Phi) is 4.83. The predicted molar refractivity (Wildman–Crippen MR) is 92.6 cm³/mol. The first kappa shape index (κ1) is 17.2. The predicted octanol–water partition coefficient (Wildman–Crippen LogP) is 2.63. The maximum atomic E-state index is 12.6. The SMILES string of the molecule is CC(C)(C)OC(=O)N1[C@H]2CC[C@H]1[C@@H](CO)N(Cc1ccccc1)C2. The van der Waals surface area contributed by atoms with E-state index in [-0.39, 0.29) is 30.8 Å². The smallest absolute Gasteiger partial charge is 0.410 e. The van der Waals surface area contributed by atoms with Crippen LogP contribution in [0.5, 0.6) is 0 Å². The number of ether oxygens (including phenoxy) is 1. The molecule has 5 nitrogen and oxygen atoms in total. The Morgan fingerprint density at radius 1 is 1.25 bits per heavy atom. The maximum Gasteiger partial charge on any atom is 0.410 e. The number of aliphatic hydroxyl groups is 1. The van der Waals surface area contributed by atoms with Gasteiger partial charge in [-0.3, -0.25) is 9.80 Å². The van der Waals surface area contributed by atoms with Gasteiger partial charge in [0, 0.05) is 19.1 Å². The van der Waals surface area contributed by atoms with Crippen molar-refractivity contribution >= 4 is 6.09 Å². The van der Waals surface area contributed by atoms with Crippen LogP contribution in [0.25, 0.3) is 0 Å². The van der Waals surface area contributed by atoms with Crippen LogP contribution in [0.3, 0.4) is 0 Å². The van der Waals surface area contributed by atoms with Gasteiger partial charge in [-0.1, -0.05) is 30.3 Å². The van der Waals surface area contributed by atoms with E-state index in [0.717, 1.165) is 25.9 Å². The molecule has 0 spiro atoms. The van der Waals surface area contributed by atoms with Gasteiger partial charge in [-0.05, 0) is 39.2 Å². The summed E-state index contributed by atoms with van der Waals surface area (Å²) in [4.78, 5) is 16.8. The van der Waals surface area contributed by atoms with Crippen LogP contribution in [0.1, 0.15) is 39.2 Å². The number of likely N-dealkylation sites (tertiary alicyclic amines) is 1. The standard InChI is InChI=1S/C19H28N2O3/c1-19(2,3)24-18(23)21-15-9-10-16(21)17(13-22)20(12-15)11-14-7-5-4-6-8-14/h4-8,15-17,22H,9-13H2,1-3H3/t15-,16-,17+/m0/s1. The molecule has 3 rings (SSSR count). The van der Waals surface area contributed by atoms with Crippen molar-refractivity contribution in [2.24, 2.45) is 0 Å². The van der Waals surface area contributed by atoms with Gasteiger partial charge < -0.3 is 9.84 Å². The Bertz CT molecular complexity index is 570. The zero-order valence-corrected chi connectivity index (χ0v) is 14.8. The molecule has 2 heterocycles. The van der Waals surface area contributed by atoms with E-state index in [4.69, 9.17) is 4.74 Å². The van der Waals surface area contributed by atoms with Gasteiger partial charge in [0.2, 0.25) is 0 Å². The molecule has 2 bridgehead atoms. The van der Waals surface area contributed by atoms with Crippen molar-refractivity contribution in [2.45, 2.75) is 63.9 Å². The Morgan fingerprint density at radius 3 is 2.58 bits per heavy atom. The number of amides is 1. The third kappa shape index (κ3) is 3.57. The Balaban J connectivity index is 1.75. The molecule has 2 saturated heterocycles. The molecule has 0 aliphatic carbocycles. The van der Waals surface area contributed by atoms with Crippen molar-refractivity contribution in [1.29, 1.82) is 0 Å². The number of carbonyl (C=O) groups is 1. The van der Waals surface area contributed by atoms with Gasteiger partial charge >= 0.3 is 6.09 Å². The second kappa shape index (κ2) is 6.73. The number of carbonyl (C=O) groups excluding carboxylic acids is 1. The highest BCUT2D eigenvalue weighted by Gasteiger charge is 2.49. The van der Waals surface area contributed by atoms with Gasteiger partial charge in [0.25, 0.3) is 0 Å². The molecule has 132 valence electrons. The van der Waals surface area contributed by atoms with Crippen molar-refractivity contribution < 1.29 is 14.6 Å². The van der Waals surface area contributed by atoms with E-state index in [1.54, 1.807) is 0 Å². The Hall–Kier alpha value is -1.59. The molecule has 2 aliphatic heterocycles. The van der Waals surface area contributed by atoms with Crippen LogP contribution < -0.4 is 0 Å². The number of hydrogen-bond donors (Lipinski definition) is 1. The third-order valence-electron chi connectivity index (χ3n) is 4.92. The normalized spacial score (nSPS) is 27.3. The van der Waals surface area contributed by atoms with Gasteiger partial charge in [0.1, 0.15) is 5.60 Å². The number of hydrogen-bond acceptors (Lipinski definition) is 4. The number of fused-ring (bicyclic) bond motifs is 2. The summed E-state index contributed by atoms with van der Waals surface area (Å²) in [6.07, 6.45) is 1.67. The molecule has 0 saturated carbocycles. The second-order valence-electron chi connectivity index (χ2n) is 7.85. The molecule has 24 heavy (non-hydrogen) atoms. The van der Waals surface area contributed by atoms with Crippen LogP contribution in [0.4, 0.5) is 4.79 Å². The monoisotopic (exact) mass is 332 g/mol. The van der Waals surface area contributed by atoms with Crippen LogP contribution in [-0.2, 0) is 11.3 Å². The summed E-state index contributed by atoms with van der Waals surface area (Å²) in [5.41, 5.74) is 0.743. The van der Waals surface area contributed by atoms with Gasteiger partial charge in [-0.2, -0.15) is 0 Å². The van der Waals surface area contributed by atoms with Crippen LogP contribution in [0.15, 0.2) is 30.3 Å². The lowest BCUT2D eigenvalue weighted by molar-refractivity contribution is -0.0353. The minimum atomic E-state index is -0.494. The summed E-state index contributed by atoms with van der Waals surface area (Å²) < 4.78 is 5.59. The first-order valence-corrected chi connectivity index (χ1v) is 8.79. The van der Waals surface area contributed by atoms with Crippen LogP contribution in [-0.4, -0.2) is 57.9 Å². The summed E-state index contributed by atoms with van der Waals surface area (Å²) in [5.74, 6) is 0. The molecule has 1 aromatic rings. The van der Waals surface area contributed by atoms with Crippen molar-refractivity contribution in [3.63, 3.8) is 0 Å². The minimum Gasteiger partial charge on any atom is -0.444 e. The van der Waals surface area contributed by atoms with Crippen LogP contribution >= 0.6 is 0 Å². The molecule has 0 unspecified atom stereocenters. The van der Waals surface area contributed by atoms with Gasteiger partial charge in [0.05, 0.1) is 18.7 Å². The topological polar surface area (TPSA) is 53.0 Å². The van der Waals surface area contributed by atoms with E-state index in [0.29, 0.717) is 0 Å². The molecule has 5 heteroatoms. The average Bonchev–Trinajstić information content (AvgIpc) is 2.83. The molecule has 3 atom stereocenters. The molecule has 1 N–H and O–H groups in total. The number of benzene rings is 1. The van der Waals surface area contributed by atoms with E-state index in [9.17, 15) is 9.90 Å². The number of aliphatic hydroxyl groups excluding tert-OH is 1. The van der Waals surface area contributed by atoms with Gasteiger partial charge in [0.15, 0.2) is 0 Å². The summed E-state index contributed by atoms with van der Waals surface area (Å²) in [7, 11) is 0. The molecule has 1 aromatic carbocycles. The lowest BCUT2D eigenvalue weighted by atomic mass is 10.0. The molecule has 2 fully saturated rings. The first-order valence-electron chi connectivity index (χ1n) is 8.79. The fourth-order valence-electron chi connectivity index (χ4n) is 3.95. The number of nitrogens with zero attached hydrogens (tertiary/aromatic N) is 2. The summed E-state index contributed by atoms with van der Waals surface area (Å²) in [6, 6.07) is 10.5. The zero-order chi connectivity index (χ0) is 17.3.